The van der Waals surface area contributed by atoms with Gasteiger partial charge in [-0.3, -0.25) is 14.4 Å². The molecule has 4 rings (SSSR count). The van der Waals surface area contributed by atoms with E-state index < -0.39 is 23.3 Å². The number of fused-ring (bicyclic) bond motifs is 1. The SMILES string of the molecule is O=C(c1ccc(OCc2ccccc2)cc1)C1C(=O)c2ccccc2C1=O. The second-order valence-electron chi connectivity index (χ2n) is 6.37. The highest BCUT2D eigenvalue weighted by Crippen LogP contribution is 2.29. The zero-order valence-corrected chi connectivity index (χ0v) is 14.4. The van der Waals surface area contributed by atoms with E-state index in [0.29, 0.717) is 29.0 Å². The fourth-order valence-corrected chi connectivity index (χ4v) is 3.20. The van der Waals surface area contributed by atoms with E-state index in [9.17, 15) is 14.4 Å². The average Bonchev–Trinajstić information content (AvgIpc) is 2.98. The van der Waals surface area contributed by atoms with Crippen molar-refractivity contribution in [2.24, 2.45) is 5.92 Å². The van der Waals surface area contributed by atoms with E-state index in [1.807, 2.05) is 30.3 Å². The zero-order valence-electron chi connectivity index (χ0n) is 14.4. The summed E-state index contributed by atoms with van der Waals surface area (Å²) in [6, 6.07) is 22.8. The highest BCUT2D eigenvalue weighted by molar-refractivity contribution is 6.37. The summed E-state index contributed by atoms with van der Waals surface area (Å²) in [5.74, 6) is -1.99. The number of ketones is 3. The second kappa shape index (κ2) is 7.00. The molecule has 1 aliphatic rings. The highest BCUT2D eigenvalue weighted by atomic mass is 16.5. The molecule has 0 saturated carbocycles. The lowest BCUT2D eigenvalue weighted by Gasteiger charge is -2.09. The molecule has 0 amide bonds. The lowest BCUT2D eigenvalue weighted by Crippen LogP contribution is -2.25. The van der Waals surface area contributed by atoms with E-state index in [2.05, 4.69) is 0 Å². The van der Waals surface area contributed by atoms with Gasteiger partial charge in [-0.2, -0.15) is 0 Å². The molecule has 0 unspecified atom stereocenters. The van der Waals surface area contributed by atoms with Crippen molar-refractivity contribution in [1.29, 1.82) is 0 Å². The summed E-state index contributed by atoms with van der Waals surface area (Å²) in [6.45, 7) is 0.420. The molecule has 0 aliphatic heterocycles. The van der Waals surface area contributed by atoms with Crippen LogP contribution in [0.15, 0.2) is 78.9 Å². The monoisotopic (exact) mass is 356 g/mol. The van der Waals surface area contributed by atoms with E-state index in [-0.39, 0.29) is 0 Å². The normalized spacial score (nSPS) is 13.5. The van der Waals surface area contributed by atoms with Gasteiger partial charge in [-0.25, -0.2) is 0 Å². The predicted octanol–water partition coefficient (Wildman–Crippen LogP) is 4.14. The summed E-state index contributed by atoms with van der Waals surface area (Å²) in [4.78, 5) is 37.7. The van der Waals surface area contributed by atoms with Gasteiger partial charge in [0.15, 0.2) is 17.3 Å². The average molecular weight is 356 g/mol. The first-order valence-corrected chi connectivity index (χ1v) is 8.63. The van der Waals surface area contributed by atoms with Gasteiger partial charge in [-0.05, 0) is 29.8 Å². The van der Waals surface area contributed by atoms with Gasteiger partial charge in [0.25, 0.3) is 0 Å². The zero-order chi connectivity index (χ0) is 18.8. The maximum atomic E-state index is 12.7. The van der Waals surface area contributed by atoms with E-state index in [1.54, 1.807) is 48.5 Å². The van der Waals surface area contributed by atoms with Crippen molar-refractivity contribution in [3.63, 3.8) is 0 Å². The third kappa shape index (κ3) is 3.17. The van der Waals surface area contributed by atoms with Crippen molar-refractivity contribution in [2.45, 2.75) is 6.61 Å². The van der Waals surface area contributed by atoms with Crippen LogP contribution in [0.25, 0.3) is 0 Å². The van der Waals surface area contributed by atoms with E-state index >= 15 is 0 Å². The number of carbonyl (C=O) groups excluding carboxylic acids is 3. The molecule has 3 aromatic rings. The minimum absolute atomic E-state index is 0.321. The molecule has 4 heteroatoms. The lowest BCUT2D eigenvalue weighted by atomic mass is 9.93. The molecule has 0 saturated heterocycles. The lowest BCUT2D eigenvalue weighted by molar-refractivity contribution is 0.0756. The topological polar surface area (TPSA) is 60.4 Å². The number of rotatable bonds is 5. The third-order valence-electron chi connectivity index (χ3n) is 4.63. The number of ether oxygens (including phenoxy) is 1. The standard InChI is InChI=1S/C23H16O4/c24-21(20-22(25)18-8-4-5-9-19(18)23(20)26)16-10-12-17(13-11-16)27-14-15-6-2-1-3-7-15/h1-13,20H,14H2. The molecule has 0 bridgehead atoms. The van der Waals surface area contributed by atoms with Crippen molar-refractivity contribution in [2.75, 3.05) is 0 Å². The van der Waals surface area contributed by atoms with Crippen LogP contribution in [0.5, 0.6) is 5.75 Å². The minimum Gasteiger partial charge on any atom is -0.489 e. The van der Waals surface area contributed by atoms with Crippen molar-refractivity contribution in [3.8, 4) is 5.75 Å². The molecule has 0 aromatic heterocycles. The summed E-state index contributed by atoms with van der Waals surface area (Å²) < 4.78 is 5.70. The largest absolute Gasteiger partial charge is 0.489 e. The summed E-state index contributed by atoms with van der Waals surface area (Å²) in [5.41, 5.74) is 2.01. The fraction of sp³-hybridized carbons (Fsp3) is 0.0870. The number of Topliss-reactive ketones (excluding diaryl/α,β-unsaturated/α-hetero) is 3. The maximum Gasteiger partial charge on any atom is 0.182 e. The fourth-order valence-electron chi connectivity index (χ4n) is 3.20. The summed E-state index contributed by atoms with van der Waals surface area (Å²) in [5, 5.41) is 0. The van der Waals surface area contributed by atoms with Gasteiger partial charge >= 0.3 is 0 Å². The highest BCUT2D eigenvalue weighted by Gasteiger charge is 2.43. The van der Waals surface area contributed by atoms with Crippen LogP contribution < -0.4 is 4.74 Å². The smallest absolute Gasteiger partial charge is 0.182 e. The van der Waals surface area contributed by atoms with Crippen LogP contribution in [0.4, 0.5) is 0 Å². The van der Waals surface area contributed by atoms with Crippen molar-refractivity contribution in [1.82, 2.24) is 0 Å². The van der Waals surface area contributed by atoms with Crippen molar-refractivity contribution < 1.29 is 19.1 Å². The third-order valence-corrected chi connectivity index (χ3v) is 4.63. The molecule has 0 N–H and O–H groups in total. The molecule has 0 atom stereocenters. The van der Waals surface area contributed by atoms with Gasteiger partial charge in [0.05, 0.1) is 0 Å². The predicted molar refractivity (Wildman–Crippen MR) is 100 cm³/mol. The summed E-state index contributed by atoms with van der Waals surface area (Å²) >= 11 is 0. The first-order chi connectivity index (χ1) is 13.1. The quantitative estimate of drug-likeness (QED) is 0.509. The van der Waals surface area contributed by atoms with Crippen LogP contribution in [0.2, 0.25) is 0 Å². The Hall–Kier alpha value is -3.53. The molecular formula is C23H16O4. The molecule has 0 spiro atoms. The van der Waals surface area contributed by atoms with Gasteiger partial charge < -0.3 is 4.74 Å². The number of hydrogen-bond acceptors (Lipinski definition) is 4. The second-order valence-corrected chi connectivity index (χ2v) is 6.37. The van der Waals surface area contributed by atoms with Crippen LogP contribution >= 0.6 is 0 Å². The summed E-state index contributed by atoms with van der Waals surface area (Å²) in [6.07, 6.45) is 0. The van der Waals surface area contributed by atoms with Gasteiger partial charge in [-0.1, -0.05) is 54.6 Å². The molecule has 0 radical (unpaired) electrons. The maximum absolute atomic E-state index is 12.7. The van der Waals surface area contributed by atoms with E-state index in [4.69, 9.17) is 4.74 Å². The molecule has 27 heavy (non-hydrogen) atoms. The Bertz CT molecular complexity index is 985. The van der Waals surface area contributed by atoms with Crippen LogP contribution in [0.1, 0.15) is 36.6 Å². The number of carbonyl (C=O) groups is 3. The van der Waals surface area contributed by atoms with Crippen molar-refractivity contribution in [3.05, 3.63) is 101 Å². The molecule has 4 nitrogen and oxygen atoms in total. The summed E-state index contributed by atoms with van der Waals surface area (Å²) in [7, 11) is 0. The van der Waals surface area contributed by atoms with E-state index in [1.165, 1.54) is 0 Å². The Morgan fingerprint density at radius 1 is 0.741 bits per heavy atom. The molecule has 132 valence electrons. The Labute approximate surface area is 156 Å². The molecule has 0 heterocycles. The van der Waals surface area contributed by atoms with Crippen LogP contribution in [0.3, 0.4) is 0 Å². The molecule has 1 aliphatic carbocycles. The van der Waals surface area contributed by atoms with E-state index in [0.717, 1.165) is 5.56 Å². The van der Waals surface area contributed by atoms with Crippen LogP contribution in [-0.2, 0) is 6.61 Å². The van der Waals surface area contributed by atoms with Crippen LogP contribution in [0, 0.1) is 5.92 Å². The Balaban J connectivity index is 1.49. The van der Waals surface area contributed by atoms with Gasteiger partial charge in [0.1, 0.15) is 18.3 Å². The number of benzene rings is 3. The Morgan fingerprint density at radius 3 is 1.89 bits per heavy atom. The Kier molecular flexibility index (Phi) is 4.38. The van der Waals surface area contributed by atoms with Gasteiger partial charge in [-0.15, -0.1) is 0 Å². The first-order valence-electron chi connectivity index (χ1n) is 8.63. The van der Waals surface area contributed by atoms with Crippen LogP contribution in [-0.4, -0.2) is 17.3 Å². The molecular weight excluding hydrogens is 340 g/mol. The molecule has 0 fully saturated rings. The van der Waals surface area contributed by atoms with Gasteiger partial charge in [0.2, 0.25) is 0 Å². The van der Waals surface area contributed by atoms with Gasteiger partial charge in [0, 0.05) is 16.7 Å². The minimum atomic E-state index is -1.28. The number of hydrogen-bond donors (Lipinski definition) is 0. The van der Waals surface area contributed by atoms with Crippen molar-refractivity contribution >= 4 is 17.3 Å². The first kappa shape index (κ1) is 16.9. The molecule has 3 aromatic carbocycles. The Morgan fingerprint density at radius 2 is 1.30 bits per heavy atom.